The highest BCUT2D eigenvalue weighted by molar-refractivity contribution is 4.91. The lowest BCUT2D eigenvalue weighted by atomic mass is 9.83. The smallest absolute Gasteiger partial charge is 0.00728 e. The zero-order valence-electron chi connectivity index (χ0n) is 11.1. The molecule has 2 aliphatic heterocycles. The fraction of sp³-hybridized carbons (Fsp3) is 1.00. The standard InChI is InChI=1S/C15H28N2/c1-2-12(3-1)6-8-16-9-7-13-10-14-4-5-15(11-13)17-14/h12-17H,1-11H2. The average Bonchev–Trinajstić information content (AvgIpc) is 2.60. The molecule has 3 fully saturated rings. The fourth-order valence-corrected chi connectivity index (χ4v) is 3.93. The molecule has 0 amide bonds. The number of hydrogen-bond acceptors (Lipinski definition) is 2. The fourth-order valence-electron chi connectivity index (χ4n) is 3.93. The molecule has 2 bridgehead atoms. The van der Waals surface area contributed by atoms with E-state index in [0.29, 0.717) is 0 Å². The summed E-state index contributed by atoms with van der Waals surface area (Å²) in [6.45, 7) is 2.53. The molecule has 2 saturated heterocycles. The first-order valence-electron chi connectivity index (χ1n) is 7.87. The van der Waals surface area contributed by atoms with Crippen molar-refractivity contribution in [3.8, 4) is 0 Å². The number of nitrogens with one attached hydrogen (secondary N) is 2. The first-order valence-corrected chi connectivity index (χ1v) is 7.87. The molecule has 2 atom stereocenters. The van der Waals surface area contributed by atoms with Gasteiger partial charge >= 0.3 is 0 Å². The molecule has 1 saturated carbocycles. The summed E-state index contributed by atoms with van der Waals surface area (Å²) < 4.78 is 0. The Morgan fingerprint density at radius 2 is 1.47 bits per heavy atom. The molecule has 0 aromatic carbocycles. The normalized spacial score (nSPS) is 37.1. The van der Waals surface area contributed by atoms with E-state index in [9.17, 15) is 0 Å². The van der Waals surface area contributed by atoms with Crippen molar-refractivity contribution in [3.05, 3.63) is 0 Å². The highest BCUT2D eigenvalue weighted by atomic mass is 15.0. The van der Waals surface area contributed by atoms with Crippen molar-refractivity contribution in [3.63, 3.8) is 0 Å². The summed E-state index contributed by atoms with van der Waals surface area (Å²) in [6.07, 6.45) is 13.1. The quantitative estimate of drug-likeness (QED) is 0.693. The molecule has 0 radical (unpaired) electrons. The molecule has 3 rings (SSSR count). The first-order chi connectivity index (χ1) is 8.40. The molecule has 2 nitrogen and oxygen atoms in total. The molecule has 2 heterocycles. The van der Waals surface area contributed by atoms with E-state index in [1.54, 1.807) is 0 Å². The Hall–Kier alpha value is -0.0800. The van der Waals surface area contributed by atoms with Crippen molar-refractivity contribution in [2.45, 2.75) is 69.9 Å². The van der Waals surface area contributed by atoms with Gasteiger partial charge in [-0.15, -0.1) is 0 Å². The maximum absolute atomic E-state index is 3.73. The van der Waals surface area contributed by atoms with E-state index in [1.807, 2.05) is 0 Å². The van der Waals surface area contributed by atoms with Gasteiger partial charge in [0.2, 0.25) is 0 Å². The Morgan fingerprint density at radius 3 is 2.06 bits per heavy atom. The Balaban J connectivity index is 1.24. The van der Waals surface area contributed by atoms with Crippen LogP contribution in [-0.4, -0.2) is 25.2 Å². The predicted octanol–water partition coefficient (Wildman–Crippen LogP) is 2.69. The van der Waals surface area contributed by atoms with Crippen LogP contribution in [0.5, 0.6) is 0 Å². The van der Waals surface area contributed by atoms with E-state index in [2.05, 4.69) is 10.6 Å². The van der Waals surface area contributed by atoms with E-state index in [1.165, 1.54) is 70.9 Å². The van der Waals surface area contributed by atoms with E-state index < -0.39 is 0 Å². The number of fused-ring (bicyclic) bond motifs is 2. The molecule has 98 valence electrons. The number of piperidine rings is 1. The van der Waals surface area contributed by atoms with Gasteiger partial charge in [-0.05, 0) is 63.5 Å². The second kappa shape index (κ2) is 5.71. The third-order valence-electron chi connectivity index (χ3n) is 5.25. The van der Waals surface area contributed by atoms with Crippen LogP contribution in [0.25, 0.3) is 0 Å². The third kappa shape index (κ3) is 3.23. The van der Waals surface area contributed by atoms with Crippen LogP contribution >= 0.6 is 0 Å². The van der Waals surface area contributed by atoms with Crippen molar-refractivity contribution >= 4 is 0 Å². The summed E-state index contributed by atoms with van der Waals surface area (Å²) in [4.78, 5) is 0. The maximum atomic E-state index is 3.73. The Morgan fingerprint density at radius 1 is 0.824 bits per heavy atom. The minimum Gasteiger partial charge on any atom is -0.317 e. The number of rotatable bonds is 6. The summed E-state index contributed by atoms with van der Waals surface area (Å²) in [5.74, 6) is 2.07. The summed E-state index contributed by atoms with van der Waals surface area (Å²) in [5.41, 5.74) is 0. The lowest BCUT2D eigenvalue weighted by molar-refractivity contribution is 0.273. The van der Waals surface area contributed by atoms with E-state index in [0.717, 1.165) is 23.9 Å². The minimum atomic E-state index is 0.869. The van der Waals surface area contributed by atoms with Gasteiger partial charge < -0.3 is 10.6 Å². The average molecular weight is 236 g/mol. The van der Waals surface area contributed by atoms with Gasteiger partial charge in [0.1, 0.15) is 0 Å². The predicted molar refractivity (Wildman–Crippen MR) is 72.1 cm³/mol. The van der Waals surface area contributed by atoms with Crippen molar-refractivity contribution in [2.75, 3.05) is 13.1 Å². The molecule has 0 aromatic heterocycles. The van der Waals surface area contributed by atoms with Crippen LogP contribution in [0.2, 0.25) is 0 Å². The number of hydrogen-bond donors (Lipinski definition) is 2. The first kappa shape index (κ1) is 12.0. The second-order valence-corrected chi connectivity index (χ2v) is 6.60. The molecule has 2 N–H and O–H groups in total. The van der Waals surface area contributed by atoms with Gasteiger partial charge in [-0.2, -0.15) is 0 Å². The highest BCUT2D eigenvalue weighted by Crippen LogP contribution is 2.32. The van der Waals surface area contributed by atoms with Crippen LogP contribution < -0.4 is 10.6 Å². The van der Waals surface area contributed by atoms with Crippen LogP contribution in [0, 0.1) is 11.8 Å². The molecule has 17 heavy (non-hydrogen) atoms. The SMILES string of the molecule is C1CC(CCNCCC2CC3CCC(C2)N3)C1. The van der Waals surface area contributed by atoms with E-state index in [-0.39, 0.29) is 0 Å². The largest absolute Gasteiger partial charge is 0.317 e. The molecule has 2 heteroatoms. The summed E-state index contributed by atoms with van der Waals surface area (Å²) >= 11 is 0. The zero-order valence-corrected chi connectivity index (χ0v) is 11.1. The molecule has 0 aromatic rings. The summed E-state index contributed by atoms with van der Waals surface area (Å²) in [7, 11) is 0. The monoisotopic (exact) mass is 236 g/mol. The third-order valence-corrected chi connectivity index (χ3v) is 5.25. The second-order valence-electron chi connectivity index (χ2n) is 6.60. The Labute approximate surface area is 106 Å². The zero-order chi connectivity index (χ0) is 11.5. The minimum absolute atomic E-state index is 0.869. The van der Waals surface area contributed by atoms with Gasteiger partial charge in [-0.3, -0.25) is 0 Å². The molecular formula is C15H28N2. The highest BCUT2D eigenvalue weighted by Gasteiger charge is 2.32. The van der Waals surface area contributed by atoms with Gasteiger partial charge in [-0.25, -0.2) is 0 Å². The Kier molecular flexibility index (Phi) is 4.02. The molecule has 0 spiro atoms. The van der Waals surface area contributed by atoms with Gasteiger partial charge in [0, 0.05) is 12.1 Å². The maximum Gasteiger partial charge on any atom is 0.00728 e. The van der Waals surface area contributed by atoms with Gasteiger partial charge in [0.05, 0.1) is 0 Å². The topological polar surface area (TPSA) is 24.1 Å². The van der Waals surface area contributed by atoms with Gasteiger partial charge in [0.25, 0.3) is 0 Å². The van der Waals surface area contributed by atoms with Crippen LogP contribution in [0.1, 0.15) is 57.8 Å². The van der Waals surface area contributed by atoms with Crippen molar-refractivity contribution in [1.82, 2.24) is 10.6 Å². The lowest BCUT2D eigenvalue weighted by Gasteiger charge is -2.29. The molecule has 3 aliphatic rings. The summed E-state index contributed by atoms with van der Waals surface area (Å²) in [5, 5.41) is 7.39. The van der Waals surface area contributed by atoms with Gasteiger partial charge in [0.15, 0.2) is 0 Å². The van der Waals surface area contributed by atoms with Crippen molar-refractivity contribution in [1.29, 1.82) is 0 Å². The van der Waals surface area contributed by atoms with Crippen LogP contribution in [0.4, 0.5) is 0 Å². The van der Waals surface area contributed by atoms with Crippen LogP contribution in [-0.2, 0) is 0 Å². The van der Waals surface area contributed by atoms with Gasteiger partial charge in [-0.1, -0.05) is 19.3 Å². The van der Waals surface area contributed by atoms with Crippen LogP contribution in [0.3, 0.4) is 0 Å². The lowest BCUT2D eigenvalue weighted by Crippen LogP contribution is -2.38. The van der Waals surface area contributed by atoms with Crippen molar-refractivity contribution in [2.24, 2.45) is 11.8 Å². The molecule has 1 aliphatic carbocycles. The molecule has 2 unspecified atom stereocenters. The van der Waals surface area contributed by atoms with E-state index >= 15 is 0 Å². The van der Waals surface area contributed by atoms with Crippen molar-refractivity contribution < 1.29 is 0 Å². The molecular weight excluding hydrogens is 208 g/mol. The van der Waals surface area contributed by atoms with E-state index in [4.69, 9.17) is 0 Å². The van der Waals surface area contributed by atoms with Crippen LogP contribution in [0.15, 0.2) is 0 Å². The summed E-state index contributed by atoms with van der Waals surface area (Å²) in [6, 6.07) is 1.74. The Bertz CT molecular complexity index is 225.